The van der Waals surface area contributed by atoms with Gasteiger partial charge in [0.1, 0.15) is 11.8 Å². The summed E-state index contributed by atoms with van der Waals surface area (Å²) in [6.45, 7) is 0.802. The van der Waals surface area contributed by atoms with Crippen molar-refractivity contribution >= 4 is 10.9 Å². The van der Waals surface area contributed by atoms with Gasteiger partial charge >= 0.3 is 0 Å². The van der Waals surface area contributed by atoms with E-state index in [4.69, 9.17) is 0 Å². The minimum atomic E-state index is 0.468. The number of hydrogen-bond donors (Lipinski definition) is 1. The summed E-state index contributed by atoms with van der Waals surface area (Å²) in [5.74, 6) is 0. The van der Waals surface area contributed by atoms with Crippen molar-refractivity contribution < 1.29 is 0 Å². The average Bonchev–Trinajstić information content (AvgIpc) is 2.54. The second-order valence-electron chi connectivity index (χ2n) is 4.92. The van der Waals surface area contributed by atoms with Gasteiger partial charge in [-0.15, -0.1) is 0 Å². The molecule has 0 spiro atoms. The van der Waals surface area contributed by atoms with Crippen molar-refractivity contribution in [1.29, 1.82) is 5.26 Å². The molecule has 0 aliphatic rings. The molecule has 102 valence electrons. The number of aromatic nitrogens is 1. The lowest BCUT2D eigenvalue weighted by Crippen LogP contribution is -2.04. The minimum absolute atomic E-state index is 0.468. The molecule has 1 N–H and O–H groups in total. The summed E-state index contributed by atoms with van der Waals surface area (Å²) in [6, 6.07) is 20.3. The van der Waals surface area contributed by atoms with Gasteiger partial charge in [0.15, 0.2) is 0 Å². The number of nitrogens with zero attached hydrogens (tertiary/aromatic N) is 2. The smallest absolute Gasteiger partial charge is 0.149 e. The molecule has 0 bridgehead atoms. The first-order valence-electron chi connectivity index (χ1n) is 6.85. The lowest BCUT2D eigenvalue weighted by atomic mass is 10.00. The highest BCUT2D eigenvalue weighted by molar-refractivity contribution is 5.86. The van der Waals surface area contributed by atoms with E-state index in [2.05, 4.69) is 28.5 Å². The number of hydrogen-bond acceptors (Lipinski definition) is 3. The molecule has 3 aromatic rings. The Morgan fingerprint density at radius 1 is 1.10 bits per heavy atom. The first-order chi connectivity index (χ1) is 10.3. The zero-order chi connectivity index (χ0) is 14.7. The Balaban J connectivity index is 2.19. The fourth-order valence-electron chi connectivity index (χ4n) is 2.47. The molecule has 3 heteroatoms. The van der Waals surface area contributed by atoms with Crippen LogP contribution in [0.25, 0.3) is 22.0 Å². The Bertz CT molecular complexity index is 831. The van der Waals surface area contributed by atoms with Gasteiger partial charge in [-0.05, 0) is 36.4 Å². The third-order valence-electron chi connectivity index (χ3n) is 3.45. The number of rotatable bonds is 3. The summed E-state index contributed by atoms with van der Waals surface area (Å²) in [7, 11) is 1.92. The highest BCUT2D eigenvalue weighted by atomic mass is 14.8. The predicted octanol–water partition coefficient (Wildman–Crippen LogP) is 3.49. The van der Waals surface area contributed by atoms with E-state index in [0.29, 0.717) is 5.69 Å². The van der Waals surface area contributed by atoms with Gasteiger partial charge in [-0.25, -0.2) is 4.98 Å². The van der Waals surface area contributed by atoms with Crippen molar-refractivity contribution in [1.82, 2.24) is 10.3 Å². The van der Waals surface area contributed by atoms with Gasteiger partial charge in [0, 0.05) is 17.5 Å². The topological polar surface area (TPSA) is 48.7 Å². The summed E-state index contributed by atoms with van der Waals surface area (Å²) >= 11 is 0. The molecule has 1 heterocycles. The van der Waals surface area contributed by atoms with Crippen LogP contribution in [-0.2, 0) is 6.54 Å². The van der Waals surface area contributed by atoms with Crippen LogP contribution in [0, 0.1) is 11.3 Å². The van der Waals surface area contributed by atoms with Crippen LogP contribution in [0.15, 0.2) is 54.6 Å². The molecule has 0 amide bonds. The molecule has 0 aliphatic heterocycles. The maximum Gasteiger partial charge on any atom is 0.149 e. The third kappa shape index (κ3) is 2.62. The van der Waals surface area contributed by atoms with Gasteiger partial charge in [-0.2, -0.15) is 5.26 Å². The molecule has 0 fully saturated rings. The first-order valence-corrected chi connectivity index (χ1v) is 6.85. The standard InChI is InChI=1S/C18H15N3/c1-20-12-13-5-4-7-14(9-13)16-10-15-6-2-3-8-17(15)21-18(16)11-19/h2-10,20H,12H2,1H3. The average molecular weight is 273 g/mol. The van der Waals surface area contributed by atoms with E-state index in [1.54, 1.807) is 0 Å². The van der Waals surface area contributed by atoms with E-state index in [1.165, 1.54) is 5.56 Å². The van der Waals surface area contributed by atoms with Gasteiger partial charge in [0.2, 0.25) is 0 Å². The molecule has 0 saturated heterocycles. The number of pyridine rings is 1. The normalized spacial score (nSPS) is 10.5. The Hall–Kier alpha value is -2.70. The molecular formula is C18H15N3. The van der Waals surface area contributed by atoms with E-state index in [0.717, 1.165) is 28.6 Å². The number of fused-ring (bicyclic) bond motifs is 1. The molecule has 0 atom stereocenters. The highest BCUT2D eigenvalue weighted by Crippen LogP contribution is 2.27. The summed E-state index contributed by atoms with van der Waals surface area (Å²) < 4.78 is 0. The molecule has 1 aromatic heterocycles. The molecule has 0 radical (unpaired) electrons. The Morgan fingerprint density at radius 2 is 1.95 bits per heavy atom. The fourth-order valence-corrected chi connectivity index (χ4v) is 2.47. The van der Waals surface area contributed by atoms with E-state index in [1.807, 2.05) is 49.5 Å². The van der Waals surface area contributed by atoms with Crippen LogP contribution in [0.2, 0.25) is 0 Å². The largest absolute Gasteiger partial charge is 0.316 e. The van der Waals surface area contributed by atoms with Gasteiger partial charge in [0.25, 0.3) is 0 Å². The third-order valence-corrected chi connectivity index (χ3v) is 3.45. The molecule has 21 heavy (non-hydrogen) atoms. The zero-order valence-electron chi connectivity index (χ0n) is 11.8. The molecule has 0 aliphatic carbocycles. The SMILES string of the molecule is CNCc1cccc(-c2cc3ccccc3nc2C#N)c1. The van der Waals surface area contributed by atoms with Crippen molar-refractivity contribution in [3.63, 3.8) is 0 Å². The summed E-state index contributed by atoms with van der Waals surface area (Å²) in [6.07, 6.45) is 0. The lowest BCUT2D eigenvalue weighted by Gasteiger charge is -2.08. The summed E-state index contributed by atoms with van der Waals surface area (Å²) in [4.78, 5) is 4.47. The van der Waals surface area contributed by atoms with E-state index < -0.39 is 0 Å². The van der Waals surface area contributed by atoms with Crippen LogP contribution in [0.1, 0.15) is 11.3 Å². The lowest BCUT2D eigenvalue weighted by molar-refractivity contribution is 0.818. The van der Waals surface area contributed by atoms with Gasteiger partial charge in [-0.3, -0.25) is 0 Å². The number of nitriles is 1. The zero-order valence-corrected chi connectivity index (χ0v) is 11.8. The second kappa shape index (κ2) is 5.74. The molecular weight excluding hydrogens is 258 g/mol. The molecule has 2 aromatic carbocycles. The van der Waals surface area contributed by atoms with Crippen molar-refractivity contribution in [2.75, 3.05) is 7.05 Å². The second-order valence-corrected chi connectivity index (χ2v) is 4.92. The maximum absolute atomic E-state index is 9.39. The fraction of sp³-hybridized carbons (Fsp3) is 0.111. The van der Waals surface area contributed by atoms with Gasteiger partial charge in [0.05, 0.1) is 5.52 Å². The molecule has 0 saturated carbocycles. The number of para-hydroxylation sites is 1. The maximum atomic E-state index is 9.39. The van der Waals surface area contributed by atoms with Crippen molar-refractivity contribution in [3.05, 3.63) is 65.9 Å². The summed E-state index contributed by atoms with van der Waals surface area (Å²) in [5, 5.41) is 13.6. The van der Waals surface area contributed by atoms with Crippen molar-refractivity contribution in [2.24, 2.45) is 0 Å². The highest BCUT2D eigenvalue weighted by Gasteiger charge is 2.09. The molecule has 0 unspecified atom stereocenters. The van der Waals surface area contributed by atoms with Crippen molar-refractivity contribution in [3.8, 4) is 17.2 Å². The van der Waals surface area contributed by atoms with E-state index in [9.17, 15) is 5.26 Å². The molecule has 3 rings (SSSR count). The summed E-state index contributed by atoms with van der Waals surface area (Å²) in [5.41, 5.74) is 4.42. The monoisotopic (exact) mass is 273 g/mol. The first kappa shape index (κ1) is 13.3. The number of nitrogens with one attached hydrogen (secondary N) is 1. The van der Waals surface area contributed by atoms with Crippen LogP contribution in [0.5, 0.6) is 0 Å². The van der Waals surface area contributed by atoms with E-state index in [-0.39, 0.29) is 0 Å². The van der Waals surface area contributed by atoms with Gasteiger partial charge in [-0.1, -0.05) is 36.4 Å². The minimum Gasteiger partial charge on any atom is -0.316 e. The quantitative estimate of drug-likeness (QED) is 0.794. The Morgan fingerprint density at radius 3 is 2.76 bits per heavy atom. The molecule has 3 nitrogen and oxygen atoms in total. The Labute approximate surface area is 123 Å². The Kier molecular flexibility index (Phi) is 3.63. The predicted molar refractivity (Wildman–Crippen MR) is 84.7 cm³/mol. The van der Waals surface area contributed by atoms with Crippen LogP contribution in [0.4, 0.5) is 0 Å². The van der Waals surface area contributed by atoms with Crippen LogP contribution in [-0.4, -0.2) is 12.0 Å². The van der Waals surface area contributed by atoms with Crippen LogP contribution >= 0.6 is 0 Å². The van der Waals surface area contributed by atoms with Crippen LogP contribution in [0.3, 0.4) is 0 Å². The van der Waals surface area contributed by atoms with E-state index >= 15 is 0 Å². The van der Waals surface area contributed by atoms with Crippen molar-refractivity contribution in [2.45, 2.75) is 6.54 Å². The number of benzene rings is 2. The van der Waals surface area contributed by atoms with Gasteiger partial charge < -0.3 is 5.32 Å². The van der Waals surface area contributed by atoms with Crippen LogP contribution < -0.4 is 5.32 Å².